The lowest BCUT2D eigenvalue weighted by molar-refractivity contribution is 0.436. The minimum Gasteiger partial charge on any atom is -0.327 e. The zero-order valence-corrected chi connectivity index (χ0v) is 13.3. The smallest absolute Gasteiger partial charge is 0.0114 e. The molecule has 0 bridgehead atoms. The van der Waals surface area contributed by atoms with Crippen LogP contribution in [-0.2, 0) is 19.3 Å². The fourth-order valence-corrected chi connectivity index (χ4v) is 3.83. The Morgan fingerprint density at radius 2 is 1.52 bits per heavy atom. The molecule has 0 saturated carbocycles. The zero-order valence-electron chi connectivity index (χ0n) is 13.3. The summed E-state index contributed by atoms with van der Waals surface area (Å²) in [4.78, 5) is 0. The van der Waals surface area contributed by atoms with Crippen LogP contribution in [0.25, 0.3) is 0 Å². The van der Waals surface area contributed by atoms with E-state index in [4.69, 9.17) is 5.73 Å². The fraction of sp³-hybridized carbons (Fsp3) is 0.400. The maximum absolute atomic E-state index is 6.57. The van der Waals surface area contributed by atoms with Crippen LogP contribution in [-0.4, -0.2) is 6.04 Å². The van der Waals surface area contributed by atoms with Gasteiger partial charge in [0, 0.05) is 6.04 Å². The Balaban J connectivity index is 1.75. The van der Waals surface area contributed by atoms with Crippen LogP contribution in [0.2, 0.25) is 0 Å². The van der Waals surface area contributed by atoms with Crippen molar-refractivity contribution >= 4 is 0 Å². The molecule has 0 spiro atoms. The maximum Gasteiger partial charge on any atom is 0.0114 e. The Morgan fingerprint density at radius 3 is 2.05 bits per heavy atom. The van der Waals surface area contributed by atoms with Gasteiger partial charge in [-0.3, -0.25) is 0 Å². The van der Waals surface area contributed by atoms with Crippen molar-refractivity contribution < 1.29 is 0 Å². The number of nitrogens with two attached hydrogens (primary N) is 1. The molecular weight excluding hydrogens is 254 g/mol. The van der Waals surface area contributed by atoms with Crippen molar-refractivity contribution in [2.45, 2.75) is 46.1 Å². The highest BCUT2D eigenvalue weighted by Gasteiger charge is 2.26. The van der Waals surface area contributed by atoms with Crippen LogP contribution in [0.1, 0.15) is 33.4 Å². The first kappa shape index (κ1) is 14.3. The monoisotopic (exact) mass is 279 g/mol. The first-order valence-electron chi connectivity index (χ1n) is 7.93. The van der Waals surface area contributed by atoms with Crippen molar-refractivity contribution in [3.8, 4) is 0 Å². The molecule has 0 saturated heterocycles. The van der Waals surface area contributed by atoms with Gasteiger partial charge in [0.05, 0.1) is 0 Å². The van der Waals surface area contributed by atoms with Gasteiger partial charge < -0.3 is 5.73 Å². The van der Waals surface area contributed by atoms with E-state index < -0.39 is 0 Å². The van der Waals surface area contributed by atoms with E-state index in [0.29, 0.717) is 5.92 Å². The highest BCUT2D eigenvalue weighted by molar-refractivity contribution is 5.39. The Kier molecular flexibility index (Phi) is 3.86. The van der Waals surface area contributed by atoms with E-state index in [1.165, 1.54) is 33.4 Å². The highest BCUT2D eigenvalue weighted by atomic mass is 14.7. The van der Waals surface area contributed by atoms with Crippen LogP contribution < -0.4 is 5.73 Å². The quantitative estimate of drug-likeness (QED) is 0.906. The van der Waals surface area contributed by atoms with Gasteiger partial charge in [-0.1, -0.05) is 42.0 Å². The van der Waals surface area contributed by atoms with Crippen LogP contribution in [0.5, 0.6) is 0 Å². The number of hydrogen-bond acceptors (Lipinski definition) is 1. The molecular formula is C20H25N. The molecule has 1 unspecified atom stereocenters. The molecule has 21 heavy (non-hydrogen) atoms. The van der Waals surface area contributed by atoms with Crippen LogP contribution in [0.3, 0.4) is 0 Å². The standard InChI is InChI=1S/C20H25N/c1-13-8-14(2)19(15(3)9-13)12-20(21)18-10-16-6-4-5-7-17(16)11-18/h4-9,18,20H,10-12,21H2,1-3H3. The molecule has 0 aromatic heterocycles. The van der Waals surface area contributed by atoms with Crippen molar-refractivity contribution in [3.05, 3.63) is 69.8 Å². The molecule has 2 N–H and O–H groups in total. The third-order valence-corrected chi connectivity index (χ3v) is 4.97. The molecule has 0 heterocycles. The summed E-state index contributed by atoms with van der Waals surface area (Å²) in [6.45, 7) is 6.59. The summed E-state index contributed by atoms with van der Waals surface area (Å²) < 4.78 is 0. The number of hydrogen-bond donors (Lipinski definition) is 1. The second-order valence-electron chi connectivity index (χ2n) is 6.68. The van der Waals surface area contributed by atoms with Gasteiger partial charge >= 0.3 is 0 Å². The lowest BCUT2D eigenvalue weighted by Crippen LogP contribution is -2.33. The summed E-state index contributed by atoms with van der Waals surface area (Å²) in [5.41, 5.74) is 15.1. The average Bonchev–Trinajstić information content (AvgIpc) is 2.86. The number of benzene rings is 2. The minimum atomic E-state index is 0.248. The molecule has 1 atom stereocenters. The molecule has 0 fully saturated rings. The number of rotatable bonds is 3. The zero-order chi connectivity index (χ0) is 15.0. The molecule has 0 amide bonds. The molecule has 3 rings (SSSR count). The Labute approximate surface area is 128 Å². The average molecular weight is 279 g/mol. The van der Waals surface area contributed by atoms with E-state index >= 15 is 0 Å². The topological polar surface area (TPSA) is 26.0 Å². The molecule has 1 aliphatic carbocycles. The SMILES string of the molecule is Cc1cc(C)c(CC(N)C2Cc3ccccc3C2)c(C)c1. The van der Waals surface area contributed by atoms with Crippen molar-refractivity contribution in [1.82, 2.24) is 0 Å². The minimum absolute atomic E-state index is 0.248. The molecule has 110 valence electrons. The van der Waals surface area contributed by atoms with E-state index in [9.17, 15) is 0 Å². The second-order valence-corrected chi connectivity index (χ2v) is 6.68. The summed E-state index contributed by atoms with van der Waals surface area (Å²) >= 11 is 0. The van der Waals surface area contributed by atoms with Crippen LogP contribution in [0, 0.1) is 26.7 Å². The third kappa shape index (κ3) is 2.89. The van der Waals surface area contributed by atoms with E-state index in [0.717, 1.165) is 19.3 Å². The van der Waals surface area contributed by atoms with E-state index in [1.807, 2.05) is 0 Å². The lowest BCUT2D eigenvalue weighted by Gasteiger charge is -2.21. The van der Waals surface area contributed by atoms with Crippen molar-refractivity contribution in [2.75, 3.05) is 0 Å². The molecule has 1 aliphatic rings. The highest BCUT2D eigenvalue weighted by Crippen LogP contribution is 2.30. The summed E-state index contributed by atoms with van der Waals surface area (Å²) in [6.07, 6.45) is 3.28. The summed E-state index contributed by atoms with van der Waals surface area (Å²) in [6, 6.07) is 13.6. The van der Waals surface area contributed by atoms with E-state index in [2.05, 4.69) is 57.2 Å². The van der Waals surface area contributed by atoms with Crippen molar-refractivity contribution in [3.63, 3.8) is 0 Å². The lowest BCUT2D eigenvalue weighted by atomic mass is 9.88. The Bertz CT molecular complexity index is 609. The van der Waals surface area contributed by atoms with Gasteiger partial charge in [-0.15, -0.1) is 0 Å². The van der Waals surface area contributed by atoms with Crippen molar-refractivity contribution in [1.29, 1.82) is 0 Å². The van der Waals surface area contributed by atoms with Crippen molar-refractivity contribution in [2.24, 2.45) is 11.7 Å². The van der Waals surface area contributed by atoms with E-state index in [-0.39, 0.29) is 6.04 Å². The fourth-order valence-electron chi connectivity index (χ4n) is 3.83. The van der Waals surface area contributed by atoms with Gasteiger partial charge in [0.1, 0.15) is 0 Å². The molecule has 1 nitrogen and oxygen atoms in total. The maximum atomic E-state index is 6.57. The normalized spacial score (nSPS) is 16.0. The third-order valence-electron chi connectivity index (χ3n) is 4.97. The molecule has 2 aromatic rings. The second kappa shape index (κ2) is 5.65. The summed E-state index contributed by atoms with van der Waals surface area (Å²) in [7, 11) is 0. The predicted molar refractivity (Wildman–Crippen MR) is 89.7 cm³/mol. The Morgan fingerprint density at radius 1 is 1.00 bits per heavy atom. The molecule has 0 aliphatic heterocycles. The van der Waals surface area contributed by atoms with E-state index in [1.54, 1.807) is 0 Å². The molecule has 2 aromatic carbocycles. The summed E-state index contributed by atoms with van der Waals surface area (Å²) in [5, 5.41) is 0. The predicted octanol–water partition coefficient (Wildman–Crippen LogP) is 3.90. The summed E-state index contributed by atoms with van der Waals surface area (Å²) in [5.74, 6) is 0.586. The molecule has 1 heteroatoms. The van der Waals surface area contributed by atoms with Gasteiger partial charge in [-0.05, 0) is 73.8 Å². The van der Waals surface area contributed by atoms with Crippen LogP contribution in [0.4, 0.5) is 0 Å². The van der Waals surface area contributed by atoms with Gasteiger partial charge in [0.25, 0.3) is 0 Å². The van der Waals surface area contributed by atoms with Gasteiger partial charge in [0.15, 0.2) is 0 Å². The first-order valence-corrected chi connectivity index (χ1v) is 7.93. The van der Waals surface area contributed by atoms with Gasteiger partial charge in [-0.2, -0.15) is 0 Å². The first-order chi connectivity index (χ1) is 10.0. The van der Waals surface area contributed by atoms with Gasteiger partial charge in [0.2, 0.25) is 0 Å². The number of fused-ring (bicyclic) bond motifs is 1. The van der Waals surface area contributed by atoms with Crippen LogP contribution >= 0.6 is 0 Å². The Hall–Kier alpha value is -1.60. The largest absolute Gasteiger partial charge is 0.327 e. The van der Waals surface area contributed by atoms with Gasteiger partial charge in [-0.25, -0.2) is 0 Å². The molecule has 0 radical (unpaired) electrons. The number of aryl methyl sites for hydroxylation is 3. The van der Waals surface area contributed by atoms with Crippen LogP contribution in [0.15, 0.2) is 36.4 Å².